The van der Waals surface area contributed by atoms with Crippen LogP contribution in [-0.2, 0) is 10.6 Å². The van der Waals surface area contributed by atoms with Crippen LogP contribution in [0.1, 0.15) is 26.3 Å². The lowest BCUT2D eigenvalue weighted by Gasteiger charge is -2.36. The van der Waals surface area contributed by atoms with Crippen molar-refractivity contribution in [1.29, 1.82) is 0 Å². The number of halogens is 3. The summed E-state index contributed by atoms with van der Waals surface area (Å²) >= 11 is 0. The summed E-state index contributed by atoms with van der Waals surface area (Å²) in [7, 11) is -1.89. The Kier molecular flexibility index (Phi) is 4.92. The van der Waals surface area contributed by atoms with Crippen molar-refractivity contribution < 1.29 is 17.6 Å². The van der Waals surface area contributed by atoms with Crippen molar-refractivity contribution in [2.24, 2.45) is 0 Å². The molecule has 0 saturated carbocycles. The van der Waals surface area contributed by atoms with Crippen LogP contribution < -0.4 is 5.32 Å². The Bertz CT molecular complexity index is 452. The Labute approximate surface area is 119 Å². The van der Waals surface area contributed by atoms with E-state index in [9.17, 15) is 13.2 Å². The zero-order valence-corrected chi connectivity index (χ0v) is 13.6. The molecule has 0 aliphatic heterocycles. The molecule has 0 aliphatic rings. The summed E-state index contributed by atoms with van der Waals surface area (Å²) in [5.74, 6) is 0. The molecule has 0 heterocycles. The SMILES string of the molecule is CC(C)(C)[Si](C)(C)OCNc1cccc(C(F)(F)F)c1. The fraction of sp³-hybridized carbons (Fsp3) is 0.571. The van der Waals surface area contributed by atoms with Gasteiger partial charge in [0, 0.05) is 5.69 Å². The summed E-state index contributed by atoms with van der Waals surface area (Å²) in [4.78, 5) is 0. The van der Waals surface area contributed by atoms with Gasteiger partial charge in [-0.05, 0) is 36.3 Å². The van der Waals surface area contributed by atoms with Gasteiger partial charge in [0.2, 0.25) is 0 Å². The van der Waals surface area contributed by atoms with Crippen LogP contribution in [0.2, 0.25) is 18.1 Å². The number of benzene rings is 1. The van der Waals surface area contributed by atoms with E-state index in [1.54, 1.807) is 6.07 Å². The Hall–Kier alpha value is -1.01. The van der Waals surface area contributed by atoms with Crippen LogP contribution in [0.25, 0.3) is 0 Å². The maximum atomic E-state index is 12.6. The summed E-state index contributed by atoms with van der Waals surface area (Å²) in [6.07, 6.45) is -4.32. The van der Waals surface area contributed by atoms with Gasteiger partial charge in [-0.1, -0.05) is 26.8 Å². The maximum Gasteiger partial charge on any atom is 0.416 e. The molecule has 0 radical (unpaired) electrons. The predicted molar refractivity (Wildman–Crippen MR) is 78.2 cm³/mol. The summed E-state index contributed by atoms with van der Waals surface area (Å²) in [6.45, 7) is 10.8. The third-order valence-electron chi connectivity index (χ3n) is 3.71. The summed E-state index contributed by atoms with van der Waals surface area (Å²) in [5, 5.41) is 2.97. The standard InChI is InChI=1S/C14H22F3NOSi/c1-13(2,3)20(4,5)19-10-18-12-8-6-7-11(9-12)14(15,16)17/h6-9,18H,10H2,1-5H3. The molecule has 1 rings (SSSR count). The number of alkyl halides is 3. The molecule has 2 nitrogen and oxygen atoms in total. The Morgan fingerprint density at radius 2 is 1.75 bits per heavy atom. The van der Waals surface area contributed by atoms with E-state index in [-0.39, 0.29) is 11.8 Å². The Morgan fingerprint density at radius 1 is 1.15 bits per heavy atom. The van der Waals surface area contributed by atoms with E-state index in [4.69, 9.17) is 4.43 Å². The van der Waals surface area contributed by atoms with E-state index in [0.29, 0.717) is 5.69 Å². The molecule has 1 N–H and O–H groups in total. The van der Waals surface area contributed by atoms with Crippen LogP contribution in [0.3, 0.4) is 0 Å². The van der Waals surface area contributed by atoms with Crippen LogP contribution >= 0.6 is 0 Å². The molecule has 114 valence electrons. The van der Waals surface area contributed by atoms with Crippen LogP contribution in [0, 0.1) is 0 Å². The molecule has 0 amide bonds. The first-order valence-electron chi connectivity index (χ1n) is 6.48. The summed E-state index contributed by atoms with van der Waals surface area (Å²) < 4.78 is 43.6. The van der Waals surface area contributed by atoms with E-state index < -0.39 is 20.1 Å². The summed E-state index contributed by atoms with van der Waals surface area (Å²) in [6, 6.07) is 5.14. The molecular weight excluding hydrogens is 283 g/mol. The third-order valence-corrected chi connectivity index (χ3v) is 8.18. The van der Waals surface area contributed by atoms with Gasteiger partial charge in [0.25, 0.3) is 0 Å². The third kappa shape index (κ3) is 4.52. The molecule has 0 aliphatic carbocycles. The smallest absolute Gasteiger partial charge is 0.400 e. The molecule has 0 aromatic heterocycles. The molecule has 0 atom stereocenters. The zero-order chi connectivity index (χ0) is 15.6. The molecule has 0 fully saturated rings. The normalized spacial score (nSPS) is 13.4. The van der Waals surface area contributed by atoms with E-state index in [1.807, 2.05) is 0 Å². The average Bonchev–Trinajstić information content (AvgIpc) is 2.26. The number of nitrogens with one attached hydrogen (secondary N) is 1. The molecule has 1 aromatic carbocycles. The number of hydrogen-bond donors (Lipinski definition) is 1. The minimum absolute atomic E-state index is 0.0719. The Morgan fingerprint density at radius 3 is 2.25 bits per heavy atom. The van der Waals surface area contributed by atoms with Crippen LogP contribution in [0.5, 0.6) is 0 Å². The Balaban J connectivity index is 2.64. The number of hydrogen-bond acceptors (Lipinski definition) is 2. The van der Waals surface area contributed by atoms with Crippen LogP contribution in [-0.4, -0.2) is 15.0 Å². The van der Waals surface area contributed by atoms with Gasteiger partial charge in [0.1, 0.15) is 6.73 Å². The van der Waals surface area contributed by atoms with Gasteiger partial charge < -0.3 is 9.74 Å². The van der Waals surface area contributed by atoms with E-state index in [1.165, 1.54) is 6.07 Å². The number of anilines is 1. The fourth-order valence-corrected chi connectivity index (χ4v) is 2.19. The lowest BCUT2D eigenvalue weighted by atomic mass is 10.2. The average molecular weight is 305 g/mol. The first kappa shape index (κ1) is 17.0. The van der Waals surface area contributed by atoms with E-state index >= 15 is 0 Å². The lowest BCUT2D eigenvalue weighted by molar-refractivity contribution is -0.137. The van der Waals surface area contributed by atoms with Crippen LogP contribution in [0.15, 0.2) is 24.3 Å². The van der Waals surface area contributed by atoms with Crippen molar-refractivity contribution in [3.63, 3.8) is 0 Å². The first-order chi connectivity index (χ1) is 8.93. The number of rotatable bonds is 4. The molecule has 0 bridgehead atoms. The largest absolute Gasteiger partial charge is 0.416 e. The highest BCUT2D eigenvalue weighted by atomic mass is 28.4. The van der Waals surface area contributed by atoms with Crippen LogP contribution in [0.4, 0.5) is 18.9 Å². The van der Waals surface area contributed by atoms with Gasteiger partial charge in [0.15, 0.2) is 8.32 Å². The van der Waals surface area contributed by atoms with Crippen molar-refractivity contribution in [3.05, 3.63) is 29.8 Å². The second kappa shape index (κ2) is 5.77. The highest BCUT2D eigenvalue weighted by Gasteiger charge is 2.37. The van der Waals surface area contributed by atoms with Gasteiger partial charge in [-0.3, -0.25) is 0 Å². The van der Waals surface area contributed by atoms with Gasteiger partial charge >= 0.3 is 6.18 Å². The van der Waals surface area contributed by atoms with Gasteiger partial charge in [-0.2, -0.15) is 13.2 Å². The topological polar surface area (TPSA) is 21.3 Å². The van der Waals surface area contributed by atoms with Crippen molar-refractivity contribution in [3.8, 4) is 0 Å². The van der Waals surface area contributed by atoms with E-state index in [2.05, 4.69) is 39.2 Å². The first-order valence-corrected chi connectivity index (χ1v) is 9.39. The quantitative estimate of drug-likeness (QED) is 0.617. The van der Waals surface area contributed by atoms with Gasteiger partial charge in [-0.15, -0.1) is 0 Å². The monoisotopic (exact) mass is 305 g/mol. The minimum Gasteiger partial charge on any atom is -0.400 e. The molecule has 0 saturated heterocycles. The molecule has 1 aromatic rings. The van der Waals surface area contributed by atoms with Gasteiger partial charge in [0.05, 0.1) is 5.56 Å². The highest BCUT2D eigenvalue weighted by molar-refractivity contribution is 6.74. The summed E-state index contributed by atoms with van der Waals surface area (Å²) in [5.41, 5.74) is -0.242. The second-order valence-electron chi connectivity index (χ2n) is 6.30. The highest BCUT2D eigenvalue weighted by Crippen LogP contribution is 2.36. The van der Waals surface area contributed by atoms with Crippen molar-refractivity contribution >= 4 is 14.0 Å². The molecule has 0 unspecified atom stereocenters. The molecule has 0 spiro atoms. The second-order valence-corrected chi connectivity index (χ2v) is 11.1. The van der Waals surface area contributed by atoms with Gasteiger partial charge in [-0.25, -0.2) is 0 Å². The van der Waals surface area contributed by atoms with Crippen molar-refractivity contribution in [2.45, 2.75) is 45.1 Å². The van der Waals surface area contributed by atoms with Crippen molar-refractivity contribution in [2.75, 3.05) is 12.0 Å². The molecule has 6 heteroatoms. The zero-order valence-electron chi connectivity index (χ0n) is 12.6. The van der Waals surface area contributed by atoms with Crippen molar-refractivity contribution in [1.82, 2.24) is 0 Å². The minimum atomic E-state index is -4.32. The fourth-order valence-electron chi connectivity index (χ4n) is 1.32. The lowest BCUT2D eigenvalue weighted by Crippen LogP contribution is -2.42. The maximum absolute atomic E-state index is 12.6. The van der Waals surface area contributed by atoms with E-state index in [0.717, 1.165) is 12.1 Å². The molecule has 20 heavy (non-hydrogen) atoms. The molecular formula is C14H22F3NOSi. The predicted octanol–water partition coefficient (Wildman–Crippen LogP) is 5.10.